The van der Waals surface area contributed by atoms with Crippen molar-refractivity contribution in [3.05, 3.63) is 88.5 Å². The summed E-state index contributed by atoms with van der Waals surface area (Å²) in [6, 6.07) is 17.2. The van der Waals surface area contributed by atoms with E-state index in [0.717, 1.165) is 0 Å². The van der Waals surface area contributed by atoms with Crippen LogP contribution < -0.4 is 4.72 Å². The second-order valence-corrected chi connectivity index (χ2v) is 7.47. The molecule has 0 heterocycles. The molecule has 3 aromatic carbocycles. The third kappa shape index (κ3) is 3.99. The first-order chi connectivity index (χ1) is 13.3. The first kappa shape index (κ1) is 19.1. The molecule has 0 aliphatic carbocycles. The van der Waals surface area contributed by atoms with Gasteiger partial charge >= 0.3 is 5.97 Å². The van der Waals surface area contributed by atoms with Crippen LogP contribution in [0.1, 0.15) is 10.4 Å². The number of carboxylic acids is 1. The standard InChI is InChI=1S/C19H14N2O6S/c22-19(23)14-4-3-5-15(12-14)20-28(26,27)16-10-8-13(9-11-16)17-6-1-2-7-18(17)21(24)25/h1-12,20H,(H,22,23). The second kappa shape index (κ2) is 7.49. The van der Waals surface area contributed by atoms with Gasteiger partial charge in [-0.2, -0.15) is 0 Å². The summed E-state index contributed by atoms with van der Waals surface area (Å²) in [7, 11) is -3.96. The molecule has 0 saturated carbocycles. The predicted octanol–water partition coefficient (Wildman–Crippen LogP) is 3.76. The van der Waals surface area contributed by atoms with Gasteiger partial charge in [0.1, 0.15) is 0 Å². The van der Waals surface area contributed by atoms with Gasteiger partial charge in [-0.1, -0.05) is 30.3 Å². The summed E-state index contributed by atoms with van der Waals surface area (Å²) in [6.45, 7) is 0. The van der Waals surface area contributed by atoms with Gasteiger partial charge in [-0.3, -0.25) is 14.8 Å². The van der Waals surface area contributed by atoms with Crippen molar-refractivity contribution in [1.29, 1.82) is 0 Å². The number of sulfonamides is 1. The van der Waals surface area contributed by atoms with E-state index < -0.39 is 20.9 Å². The first-order valence-corrected chi connectivity index (χ1v) is 9.46. The van der Waals surface area contributed by atoms with Crippen molar-refractivity contribution in [3.63, 3.8) is 0 Å². The number of nitro benzene ring substituents is 1. The monoisotopic (exact) mass is 398 g/mol. The molecular weight excluding hydrogens is 384 g/mol. The van der Waals surface area contributed by atoms with E-state index in [4.69, 9.17) is 5.11 Å². The molecule has 0 unspecified atom stereocenters. The van der Waals surface area contributed by atoms with Crippen molar-refractivity contribution in [3.8, 4) is 11.1 Å². The maximum atomic E-state index is 12.5. The van der Waals surface area contributed by atoms with Crippen LogP contribution >= 0.6 is 0 Å². The van der Waals surface area contributed by atoms with E-state index in [-0.39, 0.29) is 21.8 Å². The minimum Gasteiger partial charge on any atom is -0.478 e. The first-order valence-electron chi connectivity index (χ1n) is 7.98. The second-order valence-electron chi connectivity index (χ2n) is 5.79. The van der Waals surface area contributed by atoms with E-state index in [1.165, 1.54) is 54.6 Å². The molecule has 0 amide bonds. The summed E-state index contributed by atoms with van der Waals surface area (Å²) in [4.78, 5) is 21.6. The quantitative estimate of drug-likeness (QED) is 0.481. The lowest BCUT2D eigenvalue weighted by Crippen LogP contribution is -2.13. The van der Waals surface area contributed by atoms with Gasteiger partial charge in [0.05, 0.1) is 20.9 Å². The van der Waals surface area contributed by atoms with E-state index in [1.807, 2.05) is 0 Å². The Kier molecular flexibility index (Phi) is 5.10. The highest BCUT2D eigenvalue weighted by Crippen LogP contribution is 2.30. The number of aromatic carboxylic acids is 1. The van der Waals surface area contributed by atoms with Crippen molar-refractivity contribution < 1.29 is 23.2 Å². The highest BCUT2D eigenvalue weighted by atomic mass is 32.2. The fraction of sp³-hybridized carbons (Fsp3) is 0. The van der Waals surface area contributed by atoms with Crippen molar-refractivity contribution in [2.75, 3.05) is 4.72 Å². The van der Waals surface area contributed by atoms with Crippen LogP contribution in [0.3, 0.4) is 0 Å². The van der Waals surface area contributed by atoms with Gasteiger partial charge in [-0.05, 0) is 42.0 Å². The Hall–Kier alpha value is -3.72. The highest BCUT2D eigenvalue weighted by Gasteiger charge is 2.18. The van der Waals surface area contributed by atoms with Gasteiger partial charge in [-0.15, -0.1) is 0 Å². The third-order valence-corrected chi connectivity index (χ3v) is 5.34. The molecule has 9 heteroatoms. The largest absolute Gasteiger partial charge is 0.478 e. The SMILES string of the molecule is O=C(O)c1cccc(NS(=O)(=O)c2ccc(-c3ccccc3[N+](=O)[O-])cc2)c1. The van der Waals surface area contributed by atoms with Crippen LogP contribution in [0.15, 0.2) is 77.7 Å². The summed E-state index contributed by atoms with van der Waals surface area (Å²) in [5.74, 6) is -1.17. The molecule has 0 fully saturated rings. The number of nitro groups is 1. The normalized spacial score (nSPS) is 11.0. The van der Waals surface area contributed by atoms with Gasteiger partial charge in [0.15, 0.2) is 0 Å². The summed E-state index contributed by atoms with van der Waals surface area (Å²) in [6.07, 6.45) is 0. The van der Waals surface area contributed by atoms with Crippen LogP contribution in [0.4, 0.5) is 11.4 Å². The third-order valence-electron chi connectivity index (χ3n) is 3.94. The molecule has 28 heavy (non-hydrogen) atoms. The number of benzene rings is 3. The Morgan fingerprint density at radius 1 is 0.964 bits per heavy atom. The number of carbonyl (C=O) groups is 1. The number of carboxylic acid groups (broad SMARTS) is 1. The summed E-state index contributed by atoms with van der Waals surface area (Å²) in [5, 5.41) is 20.2. The number of hydrogen-bond donors (Lipinski definition) is 2. The van der Waals surface area contributed by atoms with Crippen molar-refractivity contribution in [2.24, 2.45) is 0 Å². The molecule has 3 aromatic rings. The number of anilines is 1. The van der Waals surface area contributed by atoms with Crippen LogP contribution in [0.5, 0.6) is 0 Å². The molecule has 3 rings (SSSR count). The average molecular weight is 398 g/mol. The van der Waals surface area contributed by atoms with Crippen LogP contribution in [0.25, 0.3) is 11.1 Å². The molecule has 0 aromatic heterocycles. The average Bonchev–Trinajstić information content (AvgIpc) is 2.68. The lowest BCUT2D eigenvalue weighted by atomic mass is 10.0. The van der Waals surface area contributed by atoms with Crippen LogP contribution in [0, 0.1) is 10.1 Å². The lowest BCUT2D eigenvalue weighted by Gasteiger charge is -2.10. The van der Waals surface area contributed by atoms with Gasteiger partial charge in [0, 0.05) is 11.8 Å². The van der Waals surface area contributed by atoms with Crippen molar-refractivity contribution >= 4 is 27.4 Å². The summed E-state index contributed by atoms with van der Waals surface area (Å²) < 4.78 is 27.4. The van der Waals surface area contributed by atoms with Gasteiger partial charge in [0.2, 0.25) is 0 Å². The van der Waals surface area contributed by atoms with Crippen molar-refractivity contribution in [1.82, 2.24) is 0 Å². The van der Waals surface area contributed by atoms with Crippen molar-refractivity contribution in [2.45, 2.75) is 4.90 Å². The van der Waals surface area contributed by atoms with Gasteiger partial charge < -0.3 is 5.11 Å². The smallest absolute Gasteiger partial charge is 0.335 e. The molecule has 0 bridgehead atoms. The number of rotatable bonds is 6. The molecule has 0 radical (unpaired) electrons. The van der Waals surface area contributed by atoms with E-state index >= 15 is 0 Å². The van der Waals surface area contributed by atoms with E-state index in [0.29, 0.717) is 11.1 Å². The molecule has 142 valence electrons. The molecule has 0 atom stereocenters. The number of hydrogen-bond acceptors (Lipinski definition) is 5. The van der Waals surface area contributed by atoms with E-state index in [2.05, 4.69) is 4.72 Å². The van der Waals surface area contributed by atoms with Gasteiger partial charge in [0.25, 0.3) is 15.7 Å². The van der Waals surface area contributed by atoms with Gasteiger partial charge in [-0.25, -0.2) is 13.2 Å². The number of para-hydroxylation sites is 1. The number of nitrogens with zero attached hydrogens (tertiary/aromatic N) is 1. The van der Waals surface area contributed by atoms with Crippen LogP contribution in [-0.2, 0) is 10.0 Å². The molecule has 0 spiro atoms. The zero-order valence-electron chi connectivity index (χ0n) is 14.3. The minimum absolute atomic E-state index is 0.0491. The zero-order valence-corrected chi connectivity index (χ0v) is 15.1. The molecule has 2 N–H and O–H groups in total. The highest BCUT2D eigenvalue weighted by molar-refractivity contribution is 7.92. The Morgan fingerprint density at radius 3 is 2.29 bits per heavy atom. The lowest BCUT2D eigenvalue weighted by molar-refractivity contribution is -0.384. The molecule has 0 aliphatic rings. The Balaban J connectivity index is 1.90. The maximum Gasteiger partial charge on any atom is 0.335 e. The Morgan fingerprint density at radius 2 is 1.64 bits per heavy atom. The molecule has 8 nitrogen and oxygen atoms in total. The number of nitrogens with one attached hydrogen (secondary N) is 1. The van der Waals surface area contributed by atoms with E-state index in [9.17, 15) is 23.3 Å². The fourth-order valence-corrected chi connectivity index (χ4v) is 3.67. The fourth-order valence-electron chi connectivity index (χ4n) is 2.62. The Bertz CT molecular complexity index is 1160. The molecule has 0 aliphatic heterocycles. The van der Waals surface area contributed by atoms with Crippen LogP contribution in [0.2, 0.25) is 0 Å². The predicted molar refractivity (Wildman–Crippen MR) is 103 cm³/mol. The topological polar surface area (TPSA) is 127 Å². The van der Waals surface area contributed by atoms with Crippen LogP contribution in [-0.4, -0.2) is 24.4 Å². The van der Waals surface area contributed by atoms with E-state index in [1.54, 1.807) is 18.2 Å². The molecule has 0 saturated heterocycles. The maximum absolute atomic E-state index is 12.5. The summed E-state index contributed by atoms with van der Waals surface area (Å²) in [5.41, 5.74) is 0.856. The minimum atomic E-state index is -3.96. The Labute approximate surface area is 160 Å². The summed E-state index contributed by atoms with van der Waals surface area (Å²) >= 11 is 0. The zero-order chi connectivity index (χ0) is 20.3. The molecular formula is C19H14N2O6S.